The van der Waals surface area contributed by atoms with Gasteiger partial charge >= 0.3 is 0 Å². The van der Waals surface area contributed by atoms with Crippen LogP contribution >= 0.6 is 11.6 Å². The van der Waals surface area contributed by atoms with Crippen molar-refractivity contribution in [1.82, 2.24) is 5.16 Å². The van der Waals surface area contributed by atoms with Gasteiger partial charge in [-0.05, 0) is 42.8 Å². The van der Waals surface area contributed by atoms with Gasteiger partial charge in [-0.1, -0.05) is 22.8 Å². The van der Waals surface area contributed by atoms with E-state index in [1.54, 1.807) is 50.6 Å². The molecule has 0 aliphatic heterocycles. The number of carbonyl (C=O) groups is 1. The number of benzene rings is 2. The van der Waals surface area contributed by atoms with Crippen LogP contribution < -0.4 is 14.8 Å². The average Bonchev–Trinajstić information content (AvgIpc) is 3.14. The van der Waals surface area contributed by atoms with E-state index in [1.807, 2.05) is 13.0 Å². The number of amides is 1. The number of aromatic nitrogens is 1. The molecule has 0 aliphatic rings. The lowest BCUT2D eigenvalue weighted by atomic mass is 10.1. The van der Waals surface area contributed by atoms with Gasteiger partial charge in [0.1, 0.15) is 0 Å². The summed E-state index contributed by atoms with van der Waals surface area (Å²) in [6, 6.07) is 12.1. The molecule has 0 aliphatic carbocycles. The Labute approximate surface area is 155 Å². The minimum Gasteiger partial charge on any atom is -0.493 e. The molecule has 3 aromatic rings. The number of hydrogen-bond acceptors (Lipinski definition) is 5. The van der Waals surface area contributed by atoms with Crippen molar-refractivity contribution in [2.24, 2.45) is 0 Å². The predicted octanol–water partition coefficient (Wildman–Crippen LogP) is 4.57. The Morgan fingerprint density at radius 2 is 1.85 bits per heavy atom. The van der Waals surface area contributed by atoms with Crippen LogP contribution in [0, 0.1) is 6.92 Å². The molecule has 3 rings (SSSR count). The zero-order valence-corrected chi connectivity index (χ0v) is 15.3. The maximum Gasteiger partial charge on any atom is 0.277 e. The van der Waals surface area contributed by atoms with E-state index in [2.05, 4.69) is 10.5 Å². The van der Waals surface area contributed by atoms with E-state index >= 15 is 0 Å². The molecule has 0 radical (unpaired) electrons. The van der Waals surface area contributed by atoms with Gasteiger partial charge in [-0.15, -0.1) is 0 Å². The number of halogens is 1. The van der Waals surface area contributed by atoms with E-state index in [9.17, 15) is 4.79 Å². The summed E-state index contributed by atoms with van der Waals surface area (Å²) in [7, 11) is 3.11. The summed E-state index contributed by atoms with van der Waals surface area (Å²) in [5.41, 5.74) is 2.40. The van der Waals surface area contributed by atoms with Crippen LogP contribution in [0.15, 0.2) is 47.0 Å². The number of hydrogen-bond donors (Lipinski definition) is 1. The van der Waals surface area contributed by atoms with E-state index in [4.69, 9.17) is 25.6 Å². The number of ether oxygens (including phenoxy) is 2. The van der Waals surface area contributed by atoms with Gasteiger partial charge in [-0.25, -0.2) is 0 Å². The Morgan fingerprint density at radius 1 is 1.08 bits per heavy atom. The summed E-state index contributed by atoms with van der Waals surface area (Å²) in [5.74, 6) is 1.22. The van der Waals surface area contributed by atoms with Gasteiger partial charge in [-0.3, -0.25) is 4.79 Å². The van der Waals surface area contributed by atoms with Crippen molar-refractivity contribution >= 4 is 23.2 Å². The number of methoxy groups -OCH3 is 2. The van der Waals surface area contributed by atoms with Gasteiger partial charge < -0.3 is 19.3 Å². The van der Waals surface area contributed by atoms with E-state index in [-0.39, 0.29) is 11.6 Å². The first-order chi connectivity index (χ1) is 12.5. The van der Waals surface area contributed by atoms with Crippen molar-refractivity contribution in [3.63, 3.8) is 0 Å². The third kappa shape index (κ3) is 3.65. The van der Waals surface area contributed by atoms with Crippen molar-refractivity contribution in [1.29, 1.82) is 0 Å². The van der Waals surface area contributed by atoms with E-state index in [0.717, 1.165) is 5.56 Å². The zero-order valence-electron chi connectivity index (χ0n) is 14.5. The van der Waals surface area contributed by atoms with Gasteiger partial charge in [0.25, 0.3) is 5.91 Å². The Hall–Kier alpha value is -2.99. The molecule has 0 bridgehead atoms. The molecule has 0 fully saturated rings. The number of nitrogens with one attached hydrogen (secondary N) is 1. The first kappa shape index (κ1) is 17.8. The number of aryl methyl sites for hydroxylation is 1. The summed E-state index contributed by atoms with van der Waals surface area (Å²) in [4.78, 5) is 12.4. The molecule has 26 heavy (non-hydrogen) atoms. The molecule has 6 nitrogen and oxygen atoms in total. The minimum atomic E-state index is -0.383. The van der Waals surface area contributed by atoms with Crippen molar-refractivity contribution in [2.45, 2.75) is 6.92 Å². The second kappa shape index (κ2) is 7.49. The van der Waals surface area contributed by atoms with Crippen LogP contribution in [0.4, 0.5) is 5.69 Å². The molecule has 0 saturated heterocycles. The number of rotatable bonds is 5. The monoisotopic (exact) mass is 372 g/mol. The summed E-state index contributed by atoms with van der Waals surface area (Å²) < 4.78 is 15.8. The van der Waals surface area contributed by atoms with Gasteiger partial charge in [-0.2, -0.15) is 0 Å². The molecule has 0 atom stereocenters. The van der Waals surface area contributed by atoms with Crippen LogP contribution in [-0.2, 0) is 0 Å². The predicted molar refractivity (Wildman–Crippen MR) is 99.2 cm³/mol. The second-order valence-corrected chi connectivity index (χ2v) is 6.00. The number of anilines is 1. The van der Waals surface area contributed by atoms with Gasteiger partial charge in [0.05, 0.1) is 14.2 Å². The molecule has 2 aromatic carbocycles. The van der Waals surface area contributed by atoms with Gasteiger partial charge in [0.2, 0.25) is 0 Å². The highest BCUT2D eigenvalue weighted by atomic mass is 35.5. The highest BCUT2D eigenvalue weighted by Gasteiger charge is 2.16. The fourth-order valence-electron chi connectivity index (χ4n) is 2.42. The third-order valence-electron chi connectivity index (χ3n) is 3.86. The topological polar surface area (TPSA) is 73.6 Å². The summed E-state index contributed by atoms with van der Waals surface area (Å²) in [5, 5.41) is 7.17. The normalized spacial score (nSPS) is 10.5. The van der Waals surface area contributed by atoms with Gasteiger partial charge in [0, 0.05) is 22.3 Å². The van der Waals surface area contributed by atoms with Crippen LogP contribution in [0.5, 0.6) is 11.5 Å². The van der Waals surface area contributed by atoms with Crippen LogP contribution in [0.1, 0.15) is 16.1 Å². The lowest BCUT2D eigenvalue weighted by molar-refractivity contribution is 0.101. The zero-order chi connectivity index (χ0) is 18.7. The fraction of sp³-hybridized carbons (Fsp3) is 0.158. The summed E-state index contributed by atoms with van der Waals surface area (Å²) >= 11 is 5.98. The molecule has 134 valence electrons. The molecular weight excluding hydrogens is 356 g/mol. The Balaban J connectivity index is 1.83. The molecular formula is C19H17ClN2O4. The highest BCUT2D eigenvalue weighted by Crippen LogP contribution is 2.32. The molecule has 1 heterocycles. The molecule has 1 N–H and O–H groups in total. The Bertz CT molecular complexity index is 952. The molecule has 0 saturated carbocycles. The second-order valence-electron chi connectivity index (χ2n) is 5.56. The molecule has 0 spiro atoms. The third-order valence-corrected chi connectivity index (χ3v) is 4.09. The van der Waals surface area contributed by atoms with Crippen molar-refractivity contribution in [2.75, 3.05) is 19.5 Å². The SMILES string of the molecule is COc1ccc(-c2cc(C(=O)Nc3cc(Cl)ccc3C)no2)cc1OC. The number of carbonyl (C=O) groups excluding carboxylic acids is 1. The summed E-state index contributed by atoms with van der Waals surface area (Å²) in [6.45, 7) is 1.88. The molecule has 7 heteroatoms. The minimum absolute atomic E-state index is 0.161. The van der Waals surface area contributed by atoms with E-state index in [1.165, 1.54) is 0 Å². The largest absolute Gasteiger partial charge is 0.493 e. The number of nitrogens with zero attached hydrogens (tertiary/aromatic N) is 1. The maximum absolute atomic E-state index is 12.4. The van der Waals surface area contributed by atoms with Crippen LogP contribution in [0.25, 0.3) is 11.3 Å². The maximum atomic E-state index is 12.4. The molecule has 1 amide bonds. The molecule has 0 unspecified atom stereocenters. The van der Waals surface area contributed by atoms with E-state index in [0.29, 0.717) is 33.5 Å². The fourth-order valence-corrected chi connectivity index (χ4v) is 2.60. The smallest absolute Gasteiger partial charge is 0.277 e. The Kier molecular flexibility index (Phi) is 5.14. The highest BCUT2D eigenvalue weighted by molar-refractivity contribution is 6.31. The lowest BCUT2D eigenvalue weighted by Crippen LogP contribution is -2.13. The first-order valence-electron chi connectivity index (χ1n) is 7.78. The molecule has 1 aromatic heterocycles. The van der Waals surface area contributed by atoms with Crippen molar-refractivity contribution in [3.05, 3.63) is 58.7 Å². The van der Waals surface area contributed by atoms with Crippen molar-refractivity contribution in [3.8, 4) is 22.8 Å². The standard InChI is InChI=1S/C19H17ClN2O4/c1-11-4-6-13(20)9-14(11)21-19(23)15-10-17(26-22-15)12-5-7-16(24-2)18(8-12)25-3/h4-10H,1-3H3,(H,21,23). The van der Waals surface area contributed by atoms with Crippen LogP contribution in [0.3, 0.4) is 0 Å². The Morgan fingerprint density at radius 3 is 2.58 bits per heavy atom. The van der Waals surface area contributed by atoms with E-state index < -0.39 is 0 Å². The van der Waals surface area contributed by atoms with Crippen LogP contribution in [0.2, 0.25) is 5.02 Å². The average molecular weight is 373 g/mol. The lowest BCUT2D eigenvalue weighted by Gasteiger charge is -2.07. The van der Waals surface area contributed by atoms with Gasteiger partial charge in [0.15, 0.2) is 23.0 Å². The van der Waals surface area contributed by atoms with Crippen molar-refractivity contribution < 1.29 is 18.8 Å². The first-order valence-corrected chi connectivity index (χ1v) is 8.16. The summed E-state index contributed by atoms with van der Waals surface area (Å²) in [6.07, 6.45) is 0. The quantitative estimate of drug-likeness (QED) is 0.710. The van der Waals surface area contributed by atoms with Crippen LogP contribution in [-0.4, -0.2) is 25.3 Å².